The fraction of sp³-hybridized carbons (Fsp3) is 0.125. The highest BCUT2D eigenvalue weighted by Gasteiger charge is 2.08. The van der Waals surface area contributed by atoms with Crippen LogP contribution in [-0.2, 0) is 0 Å². The summed E-state index contributed by atoms with van der Waals surface area (Å²) in [7, 11) is 1.41. The third-order valence-corrected chi connectivity index (χ3v) is 1.86. The van der Waals surface area contributed by atoms with Crippen molar-refractivity contribution in [1.82, 2.24) is 10.2 Å². The molecule has 0 aliphatic heterocycles. The number of nitrogens with two attached hydrogens (primary N) is 1. The Bertz CT molecular complexity index is 452. The maximum Gasteiger partial charge on any atom is 0.165 e. The zero-order valence-electron chi connectivity index (χ0n) is 6.97. The van der Waals surface area contributed by atoms with Crippen molar-refractivity contribution in [3.63, 3.8) is 0 Å². The summed E-state index contributed by atoms with van der Waals surface area (Å²) in [5.74, 6) is 0.0239. The number of anilines is 1. The summed E-state index contributed by atoms with van der Waals surface area (Å²) in [4.78, 5) is 0. The molecule has 0 saturated carbocycles. The molecule has 68 valence electrons. The summed E-state index contributed by atoms with van der Waals surface area (Å²) in [5, 5.41) is 6.98. The molecule has 0 bridgehead atoms. The number of aromatic nitrogens is 2. The number of halogens is 1. The molecule has 0 saturated heterocycles. The second kappa shape index (κ2) is 2.62. The molecule has 0 amide bonds. The third-order valence-electron chi connectivity index (χ3n) is 1.86. The van der Waals surface area contributed by atoms with Crippen molar-refractivity contribution in [3.8, 4) is 5.75 Å². The van der Waals surface area contributed by atoms with Crippen molar-refractivity contribution >= 4 is 16.7 Å². The molecule has 13 heavy (non-hydrogen) atoms. The molecule has 0 unspecified atom stereocenters. The fourth-order valence-corrected chi connectivity index (χ4v) is 1.19. The molecule has 1 heterocycles. The molecule has 5 heteroatoms. The van der Waals surface area contributed by atoms with Crippen LogP contribution in [0.3, 0.4) is 0 Å². The minimum Gasteiger partial charge on any atom is -0.494 e. The number of fused-ring (bicyclic) bond motifs is 1. The van der Waals surface area contributed by atoms with Gasteiger partial charge in [0.05, 0.1) is 12.6 Å². The number of methoxy groups -OCH3 is 1. The molecular formula is C8H8FN3O. The molecule has 2 aromatic rings. The Balaban J connectivity index is 2.76. The fourth-order valence-electron chi connectivity index (χ4n) is 1.19. The first-order valence-corrected chi connectivity index (χ1v) is 3.69. The van der Waals surface area contributed by atoms with Crippen LogP contribution in [0.2, 0.25) is 0 Å². The van der Waals surface area contributed by atoms with E-state index in [1.165, 1.54) is 19.2 Å². The molecule has 0 aliphatic carbocycles. The van der Waals surface area contributed by atoms with Crippen LogP contribution in [0.25, 0.3) is 10.9 Å². The van der Waals surface area contributed by atoms with E-state index in [0.717, 1.165) is 0 Å². The Hall–Kier alpha value is -1.78. The average molecular weight is 181 g/mol. The van der Waals surface area contributed by atoms with E-state index in [9.17, 15) is 4.39 Å². The second-order valence-electron chi connectivity index (χ2n) is 2.64. The Morgan fingerprint density at radius 2 is 2.31 bits per heavy atom. The zero-order chi connectivity index (χ0) is 9.42. The number of nitrogen functional groups attached to an aromatic ring is 1. The number of nitrogens with zero attached hydrogens (tertiary/aromatic N) is 1. The van der Waals surface area contributed by atoms with E-state index >= 15 is 0 Å². The van der Waals surface area contributed by atoms with Crippen molar-refractivity contribution in [3.05, 3.63) is 17.9 Å². The summed E-state index contributed by atoms with van der Waals surface area (Å²) in [6.07, 6.45) is 0. The van der Waals surface area contributed by atoms with Crippen LogP contribution >= 0.6 is 0 Å². The van der Waals surface area contributed by atoms with Gasteiger partial charge in [-0.1, -0.05) is 0 Å². The zero-order valence-corrected chi connectivity index (χ0v) is 6.97. The van der Waals surface area contributed by atoms with Crippen molar-refractivity contribution in [2.45, 2.75) is 0 Å². The maximum absolute atomic E-state index is 13.2. The SMILES string of the molecule is COc1cc2[nH]nc(N)c2cc1F. The number of nitrogens with one attached hydrogen (secondary N) is 1. The number of hydrogen-bond donors (Lipinski definition) is 2. The van der Waals surface area contributed by atoms with Crippen molar-refractivity contribution in [1.29, 1.82) is 0 Å². The Labute approximate surface area is 73.5 Å². The molecule has 0 aliphatic rings. The van der Waals surface area contributed by atoms with Gasteiger partial charge in [0, 0.05) is 11.5 Å². The van der Waals surface area contributed by atoms with Crippen LogP contribution in [0.4, 0.5) is 10.2 Å². The number of ether oxygens (including phenoxy) is 1. The second-order valence-corrected chi connectivity index (χ2v) is 2.64. The standard InChI is InChI=1S/C8H8FN3O/c1-13-7-3-6-4(2-5(7)9)8(10)12-11-6/h2-3H,1H3,(H3,10,11,12). The van der Waals surface area contributed by atoms with Crippen LogP contribution < -0.4 is 10.5 Å². The van der Waals surface area contributed by atoms with Crippen molar-refractivity contribution in [2.24, 2.45) is 0 Å². The number of hydrogen-bond acceptors (Lipinski definition) is 3. The molecule has 1 aromatic carbocycles. The van der Waals surface area contributed by atoms with Crippen molar-refractivity contribution in [2.75, 3.05) is 12.8 Å². The molecule has 0 fully saturated rings. The first-order valence-electron chi connectivity index (χ1n) is 3.69. The lowest BCUT2D eigenvalue weighted by molar-refractivity contribution is 0.387. The van der Waals surface area contributed by atoms with Gasteiger partial charge in [-0.15, -0.1) is 0 Å². The van der Waals surface area contributed by atoms with E-state index in [1.807, 2.05) is 0 Å². The highest BCUT2D eigenvalue weighted by molar-refractivity contribution is 5.89. The lowest BCUT2D eigenvalue weighted by atomic mass is 10.2. The summed E-state index contributed by atoms with van der Waals surface area (Å²) < 4.78 is 18.0. The van der Waals surface area contributed by atoms with Gasteiger partial charge in [0.1, 0.15) is 0 Å². The average Bonchev–Trinajstić information content (AvgIpc) is 2.47. The number of H-pyrrole nitrogens is 1. The number of rotatable bonds is 1. The molecule has 0 radical (unpaired) electrons. The third kappa shape index (κ3) is 1.09. The monoisotopic (exact) mass is 181 g/mol. The van der Waals surface area contributed by atoms with Gasteiger partial charge >= 0.3 is 0 Å². The summed E-state index contributed by atoms with van der Waals surface area (Å²) >= 11 is 0. The van der Waals surface area contributed by atoms with Gasteiger partial charge in [0.2, 0.25) is 0 Å². The smallest absolute Gasteiger partial charge is 0.165 e. The van der Waals surface area contributed by atoms with E-state index in [4.69, 9.17) is 10.5 Å². The molecule has 3 N–H and O–H groups in total. The minimum absolute atomic E-state index is 0.177. The van der Waals surface area contributed by atoms with Crippen LogP contribution in [0, 0.1) is 5.82 Å². The van der Waals surface area contributed by atoms with Crippen LogP contribution in [-0.4, -0.2) is 17.3 Å². The van der Waals surface area contributed by atoms with Gasteiger partial charge in [0.15, 0.2) is 17.4 Å². The highest BCUT2D eigenvalue weighted by atomic mass is 19.1. The molecule has 4 nitrogen and oxygen atoms in total. The summed E-state index contributed by atoms with van der Waals surface area (Å²) in [6, 6.07) is 2.82. The van der Waals surface area contributed by atoms with Gasteiger partial charge in [-0.05, 0) is 6.07 Å². The topological polar surface area (TPSA) is 63.9 Å². The summed E-state index contributed by atoms with van der Waals surface area (Å²) in [5.41, 5.74) is 6.15. The van der Waals surface area contributed by atoms with Gasteiger partial charge in [-0.2, -0.15) is 5.10 Å². The van der Waals surface area contributed by atoms with Crippen LogP contribution in [0.15, 0.2) is 12.1 Å². The largest absolute Gasteiger partial charge is 0.494 e. The predicted molar refractivity (Wildman–Crippen MR) is 47.0 cm³/mol. The first kappa shape index (κ1) is 7.85. The van der Waals surface area contributed by atoms with Gasteiger partial charge in [-0.25, -0.2) is 4.39 Å². The van der Waals surface area contributed by atoms with Gasteiger partial charge in [0.25, 0.3) is 0 Å². The Morgan fingerprint density at radius 1 is 1.54 bits per heavy atom. The lowest BCUT2D eigenvalue weighted by Gasteiger charge is -2.00. The molecule has 2 rings (SSSR count). The summed E-state index contributed by atoms with van der Waals surface area (Å²) in [6.45, 7) is 0. The molecular weight excluding hydrogens is 173 g/mol. The maximum atomic E-state index is 13.2. The number of aromatic amines is 1. The van der Waals surface area contributed by atoms with Crippen LogP contribution in [0.1, 0.15) is 0 Å². The lowest BCUT2D eigenvalue weighted by Crippen LogP contribution is -1.88. The molecule has 1 aromatic heterocycles. The molecule has 0 spiro atoms. The first-order chi connectivity index (χ1) is 6.22. The minimum atomic E-state index is -0.442. The quantitative estimate of drug-likeness (QED) is 0.696. The highest BCUT2D eigenvalue weighted by Crippen LogP contribution is 2.25. The normalized spacial score (nSPS) is 10.6. The molecule has 0 atom stereocenters. The van der Waals surface area contributed by atoms with Gasteiger partial charge < -0.3 is 10.5 Å². The van der Waals surface area contributed by atoms with E-state index in [-0.39, 0.29) is 11.6 Å². The van der Waals surface area contributed by atoms with Crippen LogP contribution in [0.5, 0.6) is 5.75 Å². The Kier molecular flexibility index (Phi) is 1.58. The van der Waals surface area contributed by atoms with Crippen molar-refractivity contribution < 1.29 is 9.13 Å². The van der Waals surface area contributed by atoms with E-state index in [2.05, 4.69) is 10.2 Å². The van der Waals surface area contributed by atoms with E-state index < -0.39 is 5.82 Å². The Morgan fingerprint density at radius 3 is 3.00 bits per heavy atom. The predicted octanol–water partition coefficient (Wildman–Crippen LogP) is 1.29. The van der Waals surface area contributed by atoms with E-state index in [1.54, 1.807) is 0 Å². The van der Waals surface area contributed by atoms with E-state index in [0.29, 0.717) is 10.9 Å². The number of benzene rings is 1. The van der Waals surface area contributed by atoms with Gasteiger partial charge in [-0.3, -0.25) is 5.10 Å².